The molecular formula is C26H27ClF3N5O. The first kappa shape index (κ1) is 24.9. The highest BCUT2D eigenvalue weighted by molar-refractivity contribution is 6.34. The van der Waals surface area contributed by atoms with Gasteiger partial charge >= 0.3 is 6.18 Å². The zero-order valence-electron chi connectivity index (χ0n) is 20.3. The first-order chi connectivity index (χ1) is 17.0. The molecule has 3 aromatic heterocycles. The minimum Gasteiger partial charge on any atom is -0.387 e. The Bertz CT molecular complexity index is 1320. The number of hydrogen-bond acceptors (Lipinski definition) is 6. The zero-order chi connectivity index (χ0) is 25.8. The molecular weight excluding hydrogens is 491 g/mol. The maximum Gasteiger partial charge on any atom is 0.434 e. The second-order valence-electron chi connectivity index (χ2n) is 10.0. The second kappa shape index (κ2) is 8.95. The summed E-state index contributed by atoms with van der Waals surface area (Å²) in [7, 11) is 0. The lowest BCUT2D eigenvalue weighted by molar-refractivity contribution is -0.141. The summed E-state index contributed by atoms with van der Waals surface area (Å²) in [6, 6.07) is 3.62. The van der Waals surface area contributed by atoms with Gasteiger partial charge in [-0.2, -0.15) is 13.2 Å². The van der Waals surface area contributed by atoms with E-state index in [9.17, 15) is 18.3 Å². The van der Waals surface area contributed by atoms with Gasteiger partial charge in [-0.05, 0) is 69.1 Å². The fraction of sp³-hybridized carbons (Fsp3) is 0.462. The molecule has 1 N–H and O–H groups in total. The Morgan fingerprint density at radius 2 is 1.83 bits per heavy atom. The van der Waals surface area contributed by atoms with Crippen molar-refractivity contribution in [3.63, 3.8) is 0 Å². The number of rotatable bonds is 3. The number of aliphatic hydroxyl groups is 1. The van der Waals surface area contributed by atoms with E-state index >= 15 is 0 Å². The summed E-state index contributed by atoms with van der Waals surface area (Å²) >= 11 is 6.11. The molecule has 0 amide bonds. The molecule has 3 aromatic rings. The largest absolute Gasteiger partial charge is 0.434 e. The predicted octanol–water partition coefficient (Wildman–Crippen LogP) is 5.66. The van der Waals surface area contributed by atoms with Crippen molar-refractivity contribution < 1.29 is 18.3 Å². The van der Waals surface area contributed by atoms with Crippen molar-refractivity contribution in [2.24, 2.45) is 5.41 Å². The van der Waals surface area contributed by atoms with E-state index in [0.29, 0.717) is 17.2 Å². The van der Waals surface area contributed by atoms with Crippen LogP contribution in [0.5, 0.6) is 0 Å². The lowest BCUT2D eigenvalue weighted by Crippen LogP contribution is -2.41. The molecule has 0 bridgehead atoms. The molecule has 36 heavy (non-hydrogen) atoms. The predicted molar refractivity (Wildman–Crippen MR) is 131 cm³/mol. The molecule has 0 aromatic carbocycles. The fourth-order valence-electron chi connectivity index (χ4n) is 5.45. The molecule has 10 heteroatoms. The summed E-state index contributed by atoms with van der Waals surface area (Å²) in [5, 5.41) is 10.0. The summed E-state index contributed by atoms with van der Waals surface area (Å²) in [6.07, 6.45) is 1.21. The monoisotopic (exact) mass is 517 g/mol. The van der Waals surface area contributed by atoms with Crippen molar-refractivity contribution in [3.05, 3.63) is 63.5 Å². The van der Waals surface area contributed by atoms with Crippen molar-refractivity contribution in [1.29, 1.82) is 0 Å². The Hall–Kier alpha value is -2.78. The van der Waals surface area contributed by atoms with Gasteiger partial charge in [-0.15, -0.1) is 0 Å². The average molecular weight is 518 g/mol. The number of hydrogen-bond donors (Lipinski definition) is 1. The minimum absolute atomic E-state index is 0.0848. The molecule has 1 aliphatic carbocycles. The standard InChI is InChI=1S/C26H27ClF3N5O/c1-14-10-17-11-25(12-19(17)32-13-14)5-8-35(9-6-25)24-22(16(3)36)34-21(15(2)33-24)18-4-7-31-23(20(18)27)26(28,29)30/h4,7,10,13,16,36H,5-6,8-9,11-12H2,1-3H3. The highest BCUT2D eigenvalue weighted by atomic mass is 35.5. The number of alkyl halides is 3. The summed E-state index contributed by atoms with van der Waals surface area (Å²) in [4.78, 5) is 19.5. The quantitative estimate of drug-likeness (QED) is 0.483. The molecule has 1 fully saturated rings. The molecule has 2 aliphatic rings. The van der Waals surface area contributed by atoms with Gasteiger partial charge in [0.1, 0.15) is 5.69 Å². The van der Waals surface area contributed by atoms with Crippen molar-refractivity contribution in [1.82, 2.24) is 19.9 Å². The SMILES string of the molecule is Cc1cnc2c(c1)CC1(CCN(c3nc(C)c(-c4ccnc(C(F)(F)F)c4Cl)nc3C(C)O)CC1)C2. The van der Waals surface area contributed by atoms with Gasteiger partial charge in [0.05, 0.1) is 22.5 Å². The molecule has 1 aliphatic heterocycles. The van der Waals surface area contributed by atoms with E-state index < -0.39 is 23.0 Å². The highest BCUT2D eigenvalue weighted by Crippen LogP contribution is 2.45. The van der Waals surface area contributed by atoms with Gasteiger partial charge in [-0.1, -0.05) is 17.7 Å². The van der Waals surface area contributed by atoms with Crippen LogP contribution in [0.25, 0.3) is 11.3 Å². The van der Waals surface area contributed by atoms with Crippen LogP contribution in [-0.2, 0) is 19.0 Å². The third-order valence-electron chi connectivity index (χ3n) is 7.31. The normalized spacial score (nSPS) is 17.9. The van der Waals surface area contributed by atoms with Crippen LogP contribution in [-0.4, -0.2) is 38.1 Å². The summed E-state index contributed by atoms with van der Waals surface area (Å²) in [5.41, 5.74) is 3.73. The molecule has 1 spiro atoms. The number of piperidine rings is 1. The van der Waals surface area contributed by atoms with Crippen LogP contribution in [0.1, 0.15) is 59.8 Å². The molecule has 6 nitrogen and oxygen atoms in total. The van der Waals surface area contributed by atoms with Crippen molar-refractivity contribution in [3.8, 4) is 11.3 Å². The maximum absolute atomic E-state index is 13.4. The first-order valence-corrected chi connectivity index (χ1v) is 12.3. The van der Waals surface area contributed by atoms with Gasteiger partial charge in [0, 0.05) is 36.7 Å². The Balaban J connectivity index is 1.44. The van der Waals surface area contributed by atoms with Crippen LogP contribution in [0.15, 0.2) is 24.5 Å². The third kappa shape index (κ3) is 4.43. The molecule has 1 saturated heterocycles. The van der Waals surface area contributed by atoms with E-state index in [0.717, 1.165) is 45.0 Å². The van der Waals surface area contributed by atoms with E-state index in [1.165, 1.54) is 22.9 Å². The van der Waals surface area contributed by atoms with Gasteiger partial charge in [-0.25, -0.2) is 9.97 Å². The number of pyridine rings is 2. The van der Waals surface area contributed by atoms with Crippen LogP contribution in [0, 0.1) is 19.3 Å². The molecule has 190 valence electrons. The Labute approximate surface area is 212 Å². The van der Waals surface area contributed by atoms with Crippen molar-refractivity contribution in [2.45, 2.75) is 58.7 Å². The van der Waals surface area contributed by atoms with Gasteiger partial charge in [0.25, 0.3) is 0 Å². The summed E-state index contributed by atoms with van der Waals surface area (Å²) in [5.74, 6) is 0.562. The van der Waals surface area contributed by atoms with Crippen LogP contribution in [0.4, 0.5) is 19.0 Å². The van der Waals surface area contributed by atoms with Crippen LogP contribution in [0.2, 0.25) is 5.02 Å². The van der Waals surface area contributed by atoms with Crippen LogP contribution < -0.4 is 4.90 Å². The van der Waals surface area contributed by atoms with Crippen LogP contribution >= 0.6 is 11.6 Å². The number of aryl methyl sites for hydroxylation is 2. The topological polar surface area (TPSA) is 75.0 Å². The number of halogens is 4. The van der Waals surface area contributed by atoms with Gasteiger partial charge < -0.3 is 10.0 Å². The number of aromatic nitrogens is 4. The molecule has 1 atom stereocenters. The number of fused-ring (bicyclic) bond motifs is 1. The van der Waals surface area contributed by atoms with Crippen molar-refractivity contribution >= 4 is 17.4 Å². The smallest absolute Gasteiger partial charge is 0.387 e. The van der Waals surface area contributed by atoms with Crippen molar-refractivity contribution in [2.75, 3.05) is 18.0 Å². The highest BCUT2D eigenvalue weighted by Gasteiger charge is 2.41. The maximum atomic E-state index is 13.4. The summed E-state index contributed by atoms with van der Waals surface area (Å²) < 4.78 is 40.1. The third-order valence-corrected chi connectivity index (χ3v) is 7.70. The Morgan fingerprint density at radius 1 is 1.11 bits per heavy atom. The number of nitrogens with zero attached hydrogens (tertiary/aromatic N) is 5. The fourth-order valence-corrected chi connectivity index (χ4v) is 5.76. The van der Waals surface area contributed by atoms with Gasteiger partial charge in [0.15, 0.2) is 11.5 Å². The molecule has 4 heterocycles. The molecule has 1 unspecified atom stereocenters. The van der Waals surface area contributed by atoms with Gasteiger partial charge in [0.2, 0.25) is 0 Å². The van der Waals surface area contributed by atoms with E-state index in [4.69, 9.17) is 16.6 Å². The Morgan fingerprint density at radius 3 is 2.50 bits per heavy atom. The van der Waals surface area contributed by atoms with E-state index in [2.05, 4.69) is 32.8 Å². The van der Waals surface area contributed by atoms with Crippen LogP contribution in [0.3, 0.4) is 0 Å². The first-order valence-electron chi connectivity index (χ1n) is 12.0. The summed E-state index contributed by atoms with van der Waals surface area (Å²) in [6.45, 7) is 6.82. The molecule has 0 radical (unpaired) electrons. The zero-order valence-corrected chi connectivity index (χ0v) is 21.1. The number of anilines is 1. The minimum atomic E-state index is -4.70. The Kier molecular flexibility index (Phi) is 6.19. The lowest BCUT2D eigenvalue weighted by atomic mass is 9.76. The second-order valence-corrected chi connectivity index (χ2v) is 10.4. The molecule has 5 rings (SSSR count). The number of aliphatic hydroxyl groups excluding tert-OH is 1. The average Bonchev–Trinajstić information content (AvgIpc) is 3.15. The van der Waals surface area contributed by atoms with E-state index in [1.807, 2.05) is 6.20 Å². The van der Waals surface area contributed by atoms with Gasteiger partial charge in [-0.3, -0.25) is 9.97 Å². The van der Waals surface area contributed by atoms with E-state index in [1.54, 1.807) is 13.8 Å². The molecule has 0 saturated carbocycles. The van der Waals surface area contributed by atoms with E-state index in [-0.39, 0.29) is 16.7 Å². The lowest BCUT2D eigenvalue weighted by Gasteiger charge is -2.40.